The molecule has 0 unspecified atom stereocenters. The fraction of sp³-hybridized carbons (Fsp3) is 0.500. The summed E-state index contributed by atoms with van der Waals surface area (Å²) in [5, 5.41) is 3.61. The van der Waals surface area contributed by atoms with E-state index in [1.165, 1.54) is 35.7 Å². The maximum absolute atomic E-state index is 3.61. The van der Waals surface area contributed by atoms with Crippen molar-refractivity contribution in [1.29, 1.82) is 0 Å². The zero-order valence-corrected chi connectivity index (χ0v) is 11.8. The van der Waals surface area contributed by atoms with E-state index in [-0.39, 0.29) is 0 Å². The largest absolute Gasteiger partial charge is 0.310 e. The summed E-state index contributed by atoms with van der Waals surface area (Å²) in [5.41, 5.74) is 1.34. The van der Waals surface area contributed by atoms with Gasteiger partial charge >= 0.3 is 0 Å². The number of benzene rings is 1. The zero-order chi connectivity index (χ0) is 10.7. The highest BCUT2D eigenvalue weighted by molar-refractivity contribution is 9.11. The van der Waals surface area contributed by atoms with Gasteiger partial charge < -0.3 is 5.32 Å². The van der Waals surface area contributed by atoms with Crippen molar-refractivity contribution in [3.05, 3.63) is 32.7 Å². The standard InChI is InChI=1S/C12H15Br2N/c13-10-6-5-9(12(14)7-10)8-15-11-3-1-2-4-11/h5-7,11,15H,1-4,8H2. The van der Waals surface area contributed by atoms with Crippen LogP contribution >= 0.6 is 31.9 Å². The summed E-state index contributed by atoms with van der Waals surface area (Å²) in [6.07, 6.45) is 5.46. The molecule has 1 aromatic rings. The van der Waals surface area contributed by atoms with Gasteiger partial charge in [-0.25, -0.2) is 0 Å². The van der Waals surface area contributed by atoms with E-state index in [4.69, 9.17) is 0 Å². The Labute approximate surface area is 108 Å². The molecule has 0 aliphatic heterocycles. The molecule has 1 aromatic carbocycles. The molecule has 1 saturated carbocycles. The molecular weight excluding hydrogens is 318 g/mol. The Hall–Kier alpha value is 0.140. The molecule has 1 N–H and O–H groups in total. The van der Waals surface area contributed by atoms with Crippen LogP contribution in [0.1, 0.15) is 31.2 Å². The average molecular weight is 333 g/mol. The van der Waals surface area contributed by atoms with Gasteiger partial charge in [-0.05, 0) is 30.5 Å². The summed E-state index contributed by atoms with van der Waals surface area (Å²) in [4.78, 5) is 0. The van der Waals surface area contributed by atoms with Crippen molar-refractivity contribution in [3.63, 3.8) is 0 Å². The zero-order valence-electron chi connectivity index (χ0n) is 8.60. The van der Waals surface area contributed by atoms with Crippen molar-refractivity contribution in [2.45, 2.75) is 38.3 Å². The third-order valence-corrected chi connectivity index (χ3v) is 4.18. The van der Waals surface area contributed by atoms with Gasteiger partial charge in [-0.3, -0.25) is 0 Å². The van der Waals surface area contributed by atoms with Crippen LogP contribution in [0.3, 0.4) is 0 Å². The van der Waals surface area contributed by atoms with E-state index in [1.807, 2.05) is 0 Å². The lowest BCUT2D eigenvalue weighted by molar-refractivity contribution is 0.523. The first-order valence-electron chi connectivity index (χ1n) is 5.43. The molecule has 0 radical (unpaired) electrons. The molecule has 2 rings (SSSR count). The summed E-state index contributed by atoms with van der Waals surface area (Å²) in [5.74, 6) is 0. The van der Waals surface area contributed by atoms with Crippen LogP contribution in [-0.2, 0) is 6.54 Å². The first-order chi connectivity index (χ1) is 7.25. The number of hydrogen-bond acceptors (Lipinski definition) is 1. The van der Waals surface area contributed by atoms with Crippen molar-refractivity contribution in [1.82, 2.24) is 5.32 Å². The third-order valence-electron chi connectivity index (χ3n) is 2.95. The number of halogens is 2. The molecule has 1 aliphatic carbocycles. The van der Waals surface area contributed by atoms with E-state index in [1.54, 1.807) is 0 Å². The molecule has 1 fully saturated rings. The predicted molar refractivity (Wildman–Crippen MR) is 70.9 cm³/mol. The molecule has 3 heteroatoms. The lowest BCUT2D eigenvalue weighted by atomic mass is 10.2. The topological polar surface area (TPSA) is 12.0 Å². The van der Waals surface area contributed by atoms with Crippen molar-refractivity contribution < 1.29 is 0 Å². The molecule has 0 bridgehead atoms. The molecule has 0 heterocycles. The van der Waals surface area contributed by atoms with Crippen LogP contribution in [0.25, 0.3) is 0 Å². The minimum atomic E-state index is 0.737. The van der Waals surface area contributed by atoms with Crippen LogP contribution in [0, 0.1) is 0 Å². The normalized spacial score (nSPS) is 17.2. The minimum Gasteiger partial charge on any atom is -0.310 e. The highest BCUT2D eigenvalue weighted by Gasteiger charge is 2.14. The molecule has 0 saturated heterocycles. The van der Waals surface area contributed by atoms with E-state index in [2.05, 4.69) is 55.4 Å². The summed E-state index contributed by atoms with van der Waals surface area (Å²) in [6, 6.07) is 7.10. The van der Waals surface area contributed by atoms with Crippen molar-refractivity contribution >= 4 is 31.9 Å². The smallest absolute Gasteiger partial charge is 0.0231 e. The van der Waals surface area contributed by atoms with E-state index in [9.17, 15) is 0 Å². The molecule has 15 heavy (non-hydrogen) atoms. The first kappa shape index (κ1) is 11.6. The second-order valence-electron chi connectivity index (χ2n) is 4.10. The van der Waals surface area contributed by atoms with Crippen molar-refractivity contribution in [2.75, 3.05) is 0 Å². The van der Waals surface area contributed by atoms with Gasteiger partial charge in [0.1, 0.15) is 0 Å². The van der Waals surface area contributed by atoms with Crippen LogP contribution in [0.2, 0.25) is 0 Å². The van der Waals surface area contributed by atoms with Crippen molar-refractivity contribution in [3.8, 4) is 0 Å². The minimum absolute atomic E-state index is 0.737. The summed E-state index contributed by atoms with van der Waals surface area (Å²) in [7, 11) is 0. The monoisotopic (exact) mass is 331 g/mol. The Morgan fingerprint density at radius 3 is 2.60 bits per heavy atom. The van der Waals surface area contributed by atoms with E-state index in [0.29, 0.717) is 0 Å². The quantitative estimate of drug-likeness (QED) is 0.872. The van der Waals surface area contributed by atoms with Gasteiger partial charge in [0.05, 0.1) is 0 Å². The fourth-order valence-corrected chi connectivity index (χ4v) is 3.24. The fourth-order valence-electron chi connectivity index (χ4n) is 2.05. The average Bonchev–Trinajstić information content (AvgIpc) is 2.69. The van der Waals surface area contributed by atoms with Crippen LogP contribution in [-0.4, -0.2) is 6.04 Å². The summed E-state index contributed by atoms with van der Waals surface area (Å²) < 4.78 is 2.31. The van der Waals surface area contributed by atoms with Gasteiger partial charge in [-0.15, -0.1) is 0 Å². The maximum atomic E-state index is 3.61. The van der Waals surface area contributed by atoms with E-state index < -0.39 is 0 Å². The highest BCUT2D eigenvalue weighted by atomic mass is 79.9. The lowest BCUT2D eigenvalue weighted by Gasteiger charge is -2.12. The van der Waals surface area contributed by atoms with Gasteiger partial charge in [0.15, 0.2) is 0 Å². The molecule has 1 nitrogen and oxygen atoms in total. The van der Waals surface area contributed by atoms with Gasteiger partial charge in [-0.2, -0.15) is 0 Å². The maximum Gasteiger partial charge on any atom is 0.0231 e. The van der Waals surface area contributed by atoms with Crippen LogP contribution in [0.15, 0.2) is 27.1 Å². The van der Waals surface area contributed by atoms with Crippen molar-refractivity contribution in [2.24, 2.45) is 0 Å². The van der Waals surface area contributed by atoms with Crippen LogP contribution < -0.4 is 5.32 Å². The van der Waals surface area contributed by atoms with Crippen LogP contribution in [0.5, 0.6) is 0 Å². The molecule has 0 amide bonds. The number of rotatable bonds is 3. The Bertz CT molecular complexity index is 332. The van der Waals surface area contributed by atoms with Gasteiger partial charge in [0.25, 0.3) is 0 Å². The van der Waals surface area contributed by atoms with Crippen LogP contribution in [0.4, 0.5) is 0 Å². The molecule has 82 valence electrons. The molecular formula is C12H15Br2N. The lowest BCUT2D eigenvalue weighted by Crippen LogP contribution is -2.25. The Balaban J connectivity index is 1.92. The molecule has 0 aromatic heterocycles. The van der Waals surface area contributed by atoms with E-state index in [0.717, 1.165) is 17.1 Å². The van der Waals surface area contributed by atoms with Gasteiger partial charge in [0.2, 0.25) is 0 Å². The first-order valence-corrected chi connectivity index (χ1v) is 7.01. The predicted octanol–water partition coefficient (Wildman–Crippen LogP) is 4.24. The second kappa shape index (κ2) is 5.46. The number of nitrogens with one attached hydrogen (secondary N) is 1. The Morgan fingerprint density at radius 1 is 1.20 bits per heavy atom. The Kier molecular flexibility index (Phi) is 4.23. The highest BCUT2D eigenvalue weighted by Crippen LogP contribution is 2.23. The third kappa shape index (κ3) is 3.30. The molecule has 1 aliphatic rings. The van der Waals surface area contributed by atoms with Gasteiger partial charge in [0, 0.05) is 21.5 Å². The van der Waals surface area contributed by atoms with E-state index >= 15 is 0 Å². The number of hydrogen-bond donors (Lipinski definition) is 1. The molecule has 0 atom stereocenters. The SMILES string of the molecule is Brc1ccc(CNC2CCCC2)c(Br)c1. The summed E-state index contributed by atoms with van der Waals surface area (Å²) in [6.45, 7) is 0.971. The second-order valence-corrected chi connectivity index (χ2v) is 5.87. The Morgan fingerprint density at radius 2 is 1.93 bits per heavy atom. The van der Waals surface area contributed by atoms with Gasteiger partial charge in [-0.1, -0.05) is 50.8 Å². The molecule has 0 spiro atoms. The summed E-state index contributed by atoms with van der Waals surface area (Å²) >= 11 is 7.05.